The third kappa shape index (κ3) is 10.0. The second kappa shape index (κ2) is 14.5. The molecule has 38 heavy (non-hydrogen) atoms. The molecule has 0 spiro atoms. The fourth-order valence-electron chi connectivity index (χ4n) is 3.55. The van der Waals surface area contributed by atoms with E-state index in [2.05, 4.69) is 6.08 Å². The highest BCUT2D eigenvalue weighted by Crippen LogP contribution is 2.35. The third-order valence-electron chi connectivity index (χ3n) is 5.30. The molecule has 0 radical (unpaired) electrons. The summed E-state index contributed by atoms with van der Waals surface area (Å²) in [4.78, 5) is 48.0. The standard InChI is InChI=1S/C31H34O7/c1-20(2)8-7-9-21(3)10-16-28-30(37-23(5)33)19-17-27(31(28)38-24(6)34)29(35)18-13-25-11-14-26(15-12-25)36-22(4)32/h8,10-15,17-19H,7,9,16H2,1-6H3/b18-13?,21-10+. The number of allylic oxidation sites excluding steroid dienone is 5. The molecule has 0 unspecified atom stereocenters. The van der Waals surface area contributed by atoms with Crippen LogP contribution in [0.15, 0.2) is 65.8 Å². The molecular weight excluding hydrogens is 484 g/mol. The Kier molecular flexibility index (Phi) is 11.4. The molecule has 0 atom stereocenters. The molecule has 0 bridgehead atoms. The lowest BCUT2D eigenvalue weighted by Gasteiger charge is -2.16. The van der Waals surface area contributed by atoms with Gasteiger partial charge in [-0.15, -0.1) is 0 Å². The molecular formula is C31H34O7. The highest BCUT2D eigenvalue weighted by atomic mass is 16.5. The van der Waals surface area contributed by atoms with Crippen molar-refractivity contribution in [3.8, 4) is 17.2 Å². The van der Waals surface area contributed by atoms with Gasteiger partial charge >= 0.3 is 17.9 Å². The van der Waals surface area contributed by atoms with E-state index in [-0.39, 0.29) is 17.1 Å². The molecule has 0 aliphatic heterocycles. The number of hydrogen-bond acceptors (Lipinski definition) is 7. The lowest BCUT2D eigenvalue weighted by molar-refractivity contribution is -0.133. The van der Waals surface area contributed by atoms with Crippen molar-refractivity contribution in [3.63, 3.8) is 0 Å². The number of hydrogen-bond donors (Lipinski definition) is 0. The topological polar surface area (TPSA) is 96.0 Å². The van der Waals surface area contributed by atoms with Crippen LogP contribution in [0, 0.1) is 0 Å². The first-order valence-electron chi connectivity index (χ1n) is 12.3. The number of esters is 3. The summed E-state index contributed by atoms with van der Waals surface area (Å²) < 4.78 is 15.9. The molecule has 0 N–H and O–H groups in total. The Hall–Kier alpha value is -4.26. The maximum absolute atomic E-state index is 13.2. The van der Waals surface area contributed by atoms with Crippen LogP contribution in [0.3, 0.4) is 0 Å². The van der Waals surface area contributed by atoms with Crippen LogP contribution in [-0.4, -0.2) is 23.7 Å². The number of ether oxygens (including phenoxy) is 3. The van der Waals surface area contributed by atoms with Crippen LogP contribution < -0.4 is 14.2 Å². The van der Waals surface area contributed by atoms with Crippen molar-refractivity contribution in [1.82, 2.24) is 0 Å². The molecule has 0 saturated heterocycles. The van der Waals surface area contributed by atoms with Crippen molar-refractivity contribution in [2.45, 2.75) is 60.8 Å². The third-order valence-corrected chi connectivity index (χ3v) is 5.30. The number of benzene rings is 2. The first kappa shape index (κ1) is 30.0. The van der Waals surface area contributed by atoms with Gasteiger partial charge < -0.3 is 14.2 Å². The van der Waals surface area contributed by atoms with Crippen molar-refractivity contribution < 1.29 is 33.4 Å². The summed E-state index contributed by atoms with van der Waals surface area (Å²) in [7, 11) is 0. The Balaban J connectivity index is 2.43. The molecule has 7 heteroatoms. The zero-order valence-electron chi connectivity index (χ0n) is 22.8. The maximum Gasteiger partial charge on any atom is 0.308 e. The fourth-order valence-corrected chi connectivity index (χ4v) is 3.55. The van der Waals surface area contributed by atoms with E-state index in [1.807, 2.05) is 26.8 Å². The first-order valence-corrected chi connectivity index (χ1v) is 12.3. The van der Waals surface area contributed by atoms with Gasteiger partial charge in [-0.25, -0.2) is 0 Å². The molecule has 2 aromatic rings. The van der Waals surface area contributed by atoms with E-state index >= 15 is 0 Å². The molecule has 0 aliphatic carbocycles. The van der Waals surface area contributed by atoms with Crippen LogP contribution >= 0.6 is 0 Å². The van der Waals surface area contributed by atoms with Gasteiger partial charge in [0.05, 0.1) is 5.56 Å². The zero-order valence-corrected chi connectivity index (χ0v) is 22.8. The van der Waals surface area contributed by atoms with E-state index in [1.165, 1.54) is 44.6 Å². The Morgan fingerprint density at radius 2 is 1.37 bits per heavy atom. The lowest BCUT2D eigenvalue weighted by atomic mass is 9.99. The van der Waals surface area contributed by atoms with Gasteiger partial charge in [0.2, 0.25) is 0 Å². The Morgan fingerprint density at radius 3 is 1.95 bits per heavy atom. The van der Waals surface area contributed by atoms with Gasteiger partial charge in [0.1, 0.15) is 17.2 Å². The van der Waals surface area contributed by atoms with Crippen molar-refractivity contribution in [2.75, 3.05) is 0 Å². The van der Waals surface area contributed by atoms with Gasteiger partial charge in [0.25, 0.3) is 0 Å². The zero-order chi connectivity index (χ0) is 28.2. The molecule has 7 nitrogen and oxygen atoms in total. The van der Waals surface area contributed by atoms with Gasteiger partial charge in [0.15, 0.2) is 5.78 Å². The smallest absolute Gasteiger partial charge is 0.308 e. The number of ketones is 1. The molecule has 2 rings (SSSR count). The van der Waals surface area contributed by atoms with Gasteiger partial charge in [-0.2, -0.15) is 0 Å². The minimum Gasteiger partial charge on any atom is -0.427 e. The molecule has 0 saturated carbocycles. The van der Waals surface area contributed by atoms with Crippen LogP contribution in [0.25, 0.3) is 6.08 Å². The summed E-state index contributed by atoms with van der Waals surface area (Å²) in [6.45, 7) is 9.94. The average molecular weight is 519 g/mol. The van der Waals surface area contributed by atoms with E-state index in [9.17, 15) is 19.2 Å². The predicted molar refractivity (Wildman–Crippen MR) is 146 cm³/mol. The van der Waals surface area contributed by atoms with Crippen LogP contribution in [0.5, 0.6) is 17.2 Å². The summed E-state index contributed by atoms with van der Waals surface area (Å²) in [5.74, 6) is -1.27. The van der Waals surface area contributed by atoms with Crippen molar-refractivity contribution in [1.29, 1.82) is 0 Å². The molecule has 0 heterocycles. The van der Waals surface area contributed by atoms with Crippen molar-refractivity contribution >= 4 is 29.8 Å². The van der Waals surface area contributed by atoms with Gasteiger partial charge in [0, 0.05) is 26.3 Å². The SMILES string of the molecule is CC(=O)Oc1ccc(C=CC(=O)c2ccc(OC(C)=O)c(C/C=C(\C)CCC=C(C)C)c2OC(C)=O)cc1. The molecule has 200 valence electrons. The van der Waals surface area contributed by atoms with E-state index < -0.39 is 23.7 Å². The number of rotatable bonds is 11. The maximum atomic E-state index is 13.2. The number of carbonyl (C=O) groups is 4. The molecule has 0 aliphatic rings. The van der Waals surface area contributed by atoms with Crippen LogP contribution in [0.2, 0.25) is 0 Å². The fraction of sp³-hybridized carbons (Fsp3) is 0.290. The Bertz CT molecular complexity index is 1270. The first-order chi connectivity index (χ1) is 18.0. The molecule has 0 fully saturated rings. The lowest BCUT2D eigenvalue weighted by Crippen LogP contribution is -2.12. The molecule has 2 aromatic carbocycles. The highest BCUT2D eigenvalue weighted by molar-refractivity contribution is 6.09. The molecule has 0 amide bonds. The van der Waals surface area contributed by atoms with Crippen LogP contribution in [0.1, 0.15) is 75.9 Å². The Labute approximate surface area is 223 Å². The minimum atomic E-state index is -0.602. The van der Waals surface area contributed by atoms with Crippen LogP contribution in [0.4, 0.5) is 0 Å². The number of carbonyl (C=O) groups excluding carboxylic acids is 4. The van der Waals surface area contributed by atoms with Gasteiger partial charge in [-0.3, -0.25) is 19.2 Å². The van der Waals surface area contributed by atoms with E-state index in [1.54, 1.807) is 30.3 Å². The summed E-state index contributed by atoms with van der Waals surface area (Å²) in [6.07, 6.45) is 9.13. The minimum absolute atomic E-state index is 0.0597. The second-order valence-electron chi connectivity index (χ2n) is 9.04. The second-order valence-corrected chi connectivity index (χ2v) is 9.04. The van der Waals surface area contributed by atoms with Crippen molar-refractivity contribution in [2.24, 2.45) is 0 Å². The normalized spacial score (nSPS) is 11.2. The summed E-state index contributed by atoms with van der Waals surface area (Å²) >= 11 is 0. The highest BCUT2D eigenvalue weighted by Gasteiger charge is 2.21. The quantitative estimate of drug-likeness (QED) is 0.109. The van der Waals surface area contributed by atoms with Crippen LogP contribution in [-0.2, 0) is 20.8 Å². The summed E-state index contributed by atoms with van der Waals surface area (Å²) in [5.41, 5.74) is 3.65. The average Bonchev–Trinajstić information content (AvgIpc) is 2.82. The summed E-state index contributed by atoms with van der Waals surface area (Å²) in [6, 6.07) is 9.65. The Morgan fingerprint density at radius 1 is 0.737 bits per heavy atom. The predicted octanol–water partition coefficient (Wildman–Crippen LogP) is 6.59. The van der Waals surface area contributed by atoms with Gasteiger partial charge in [-0.1, -0.05) is 41.5 Å². The largest absolute Gasteiger partial charge is 0.427 e. The van der Waals surface area contributed by atoms with E-state index in [0.29, 0.717) is 23.3 Å². The van der Waals surface area contributed by atoms with E-state index in [4.69, 9.17) is 14.2 Å². The monoisotopic (exact) mass is 518 g/mol. The van der Waals surface area contributed by atoms with Gasteiger partial charge in [-0.05, 0) is 75.9 Å². The van der Waals surface area contributed by atoms with E-state index in [0.717, 1.165) is 18.4 Å². The molecule has 0 aromatic heterocycles. The van der Waals surface area contributed by atoms with Crippen molar-refractivity contribution in [3.05, 3.63) is 82.5 Å². The summed E-state index contributed by atoms with van der Waals surface area (Å²) in [5, 5.41) is 0.